The van der Waals surface area contributed by atoms with Gasteiger partial charge in [-0.3, -0.25) is 0 Å². The van der Waals surface area contributed by atoms with Crippen LogP contribution in [0, 0.1) is 5.92 Å². The van der Waals surface area contributed by atoms with E-state index in [2.05, 4.69) is 27.8 Å². The Kier molecular flexibility index (Phi) is 7.88. The normalized spacial score (nSPS) is 18.4. The van der Waals surface area contributed by atoms with Crippen molar-refractivity contribution in [3.05, 3.63) is 28.7 Å². The Bertz CT molecular complexity index is 397. The van der Waals surface area contributed by atoms with Crippen molar-refractivity contribution in [2.24, 2.45) is 5.92 Å². The number of aliphatic hydroxyl groups excluding tert-OH is 1. The minimum Gasteiger partial charge on any atom is -0.490 e. The molecule has 5 heteroatoms. The van der Waals surface area contributed by atoms with Crippen molar-refractivity contribution < 1.29 is 9.84 Å². The number of likely N-dealkylation sites (tertiary alicyclic amines) is 1. The monoisotopic (exact) mass is 363 g/mol. The van der Waals surface area contributed by atoms with Crippen LogP contribution in [0.4, 0.5) is 0 Å². The third-order valence-corrected chi connectivity index (χ3v) is 4.27. The average molecular weight is 365 g/mol. The van der Waals surface area contributed by atoms with E-state index in [0.29, 0.717) is 13.2 Å². The summed E-state index contributed by atoms with van der Waals surface area (Å²) in [6.45, 7) is 5.52. The number of ether oxygens (including phenoxy) is 1. The summed E-state index contributed by atoms with van der Waals surface area (Å²) in [5.41, 5.74) is 0. The number of rotatable bonds is 5. The maximum Gasteiger partial charge on any atom is 0.133 e. The number of halogens is 2. The molecule has 20 heavy (non-hydrogen) atoms. The molecule has 1 unspecified atom stereocenters. The minimum absolute atomic E-state index is 0. The number of piperidine rings is 1. The van der Waals surface area contributed by atoms with Crippen molar-refractivity contribution in [2.45, 2.75) is 25.9 Å². The molecule has 1 heterocycles. The average Bonchev–Trinajstić information content (AvgIpc) is 2.40. The predicted octanol–water partition coefficient (Wildman–Crippen LogP) is 3.34. The van der Waals surface area contributed by atoms with Crippen LogP contribution in [0.15, 0.2) is 28.7 Å². The molecule has 1 aromatic carbocycles. The molecular weight excluding hydrogens is 342 g/mol. The molecule has 1 aromatic rings. The number of hydrogen-bond donors (Lipinski definition) is 1. The quantitative estimate of drug-likeness (QED) is 0.870. The van der Waals surface area contributed by atoms with Gasteiger partial charge in [0.2, 0.25) is 0 Å². The van der Waals surface area contributed by atoms with Gasteiger partial charge in [-0.15, -0.1) is 12.4 Å². The zero-order valence-corrected chi connectivity index (χ0v) is 14.2. The highest BCUT2D eigenvalue weighted by Crippen LogP contribution is 2.24. The number of β-amino-alcohol motifs (C(OH)–C–C–N with tert-alkyl or cyclic N) is 1. The summed E-state index contributed by atoms with van der Waals surface area (Å²) >= 11 is 3.43. The second-order valence-corrected chi connectivity index (χ2v) is 6.23. The van der Waals surface area contributed by atoms with E-state index >= 15 is 0 Å². The fraction of sp³-hybridized carbons (Fsp3) is 0.600. The van der Waals surface area contributed by atoms with Gasteiger partial charge >= 0.3 is 0 Å². The van der Waals surface area contributed by atoms with E-state index in [1.165, 1.54) is 12.8 Å². The van der Waals surface area contributed by atoms with Gasteiger partial charge in [0.25, 0.3) is 0 Å². The van der Waals surface area contributed by atoms with Crippen LogP contribution in [0.5, 0.6) is 5.75 Å². The molecule has 0 radical (unpaired) electrons. The van der Waals surface area contributed by atoms with Gasteiger partial charge in [-0.25, -0.2) is 0 Å². The van der Waals surface area contributed by atoms with Crippen molar-refractivity contribution in [1.29, 1.82) is 0 Å². The van der Waals surface area contributed by atoms with E-state index in [0.717, 1.165) is 29.2 Å². The van der Waals surface area contributed by atoms with Gasteiger partial charge in [0.1, 0.15) is 18.5 Å². The largest absolute Gasteiger partial charge is 0.490 e. The Labute approximate surface area is 135 Å². The summed E-state index contributed by atoms with van der Waals surface area (Å²) in [7, 11) is 0. The molecule has 0 saturated carbocycles. The molecular formula is C15H23BrClNO2. The number of hydrogen-bond acceptors (Lipinski definition) is 3. The Morgan fingerprint density at radius 2 is 2.00 bits per heavy atom. The molecule has 1 fully saturated rings. The van der Waals surface area contributed by atoms with Crippen molar-refractivity contribution in [3.63, 3.8) is 0 Å². The number of nitrogens with zero attached hydrogens (tertiary/aromatic N) is 1. The molecule has 0 amide bonds. The van der Waals surface area contributed by atoms with Crippen molar-refractivity contribution in [3.8, 4) is 5.75 Å². The van der Waals surface area contributed by atoms with E-state index in [-0.39, 0.29) is 12.4 Å². The standard InChI is InChI=1S/C15H22BrNO2.ClH/c1-12-6-8-17(9-7-12)10-13(18)11-19-15-5-3-2-4-14(15)16;/h2-5,12-13,18H,6-11H2,1H3;1H. The maximum absolute atomic E-state index is 10.0. The van der Waals surface area contributed by atoms with Crippen molar-refractivity contribution in [2.75, 3.05) is 26.2 Å². The highest BCUT2D eigenvalue weighted by molar-refractivity contribution is 9.10. The van der Waals surface area contributed by atoms with E-state index in [1.54, 1.807) is 0 Å². The van der Waals surface area contributed by atoms with Crippen LogP contribution < -0.4 is 4.74 Å². The molecule has 1 aliphatic heterocycles. The summed E-state index contributed by atoms with van der Waals surface area (Å²) in [5, 5.41) is 10.0. The van der Waals surface area contributed by atoms with Crippen LogP contribution in [0.2, 0.25) is 0 Å². The predicted molar refractivity (Wildman–Crippen MR) is 87.7 cm³/mol. The lowest BCUT2D eigenvalue weighted by Gasteiger charge is -2.31. The number of para-hydroxylation sites is 1. The van der Waals surface area contributed by atoms with Crippen LogP contribution in [0.3, 0.4) is 0 Å². The first kappa shape index (κ1) is 17.8. The van der Waals surface area contributed by atoms with E-state index in [4.69, 9.17) is 4.74 Å². The number of aliphatic hydroxyl groups is 1. The summed E-state index contributed by atoms with van der Waals surface area (Å²) in [4.78, 5) is 2.33. The van der Waals surface area contributed by atoms with Gasteiger partial charge in [-0.2, -0.15) is 0 Å². The van der Waals surface area contributed by atoms with Crippen LogP contribution in [-0.2, 0) is 0 Å². The summed E-state index contributed by atoms with van der Waals surface area (Å²) in [5.74, 6) is 1.61. The van der Waals surface area contributed by atoms with Gasteiger partial charge in [0, 0.05) is 6.54 Å². The van der Waals surface area contributed by atoms with E-state index in [9.17, 15) is 5.11 Å². The van der Waals surface area contributed by atoms with Gasteiger partial charge in [-0.1, -0.05) is 19.1 Å². The summed E-state index contributed by atoms with van der Waals surface area (Å²) in [6, 6.07) is 7.72. The first-order valence-corrected chi connectivity index (χ1v) is 7.72. The second kappa shape index (κ2) is 8.88. The first-order valence-electron chi connectivity index (χ1n) is 6.93. The molecule has 0 spiro atoms. The van der Waals surface area contributed by atoms with Crippen LogP contribution in [0.25, 0.3) is 0 Å². The van der Waals surface area contributed by atoms with Crippen LogP contribution in [0.1, 0.15) is 19.8 Å². The zero-order chi connectivity index (χ0) is 13.7. The van der Waals surface area contributed by atoms with Gasteiger partial charge < -0.3 is 14.7 Å². The highest BCUT2D eigenvalue weighted by Gasteiger charge is 2.18. The molecule has 0 bridgehead atoms. The molecule has 0 aromatic heterocycles. The summed E-state index contributed by atoms with van der Waals surface area (Å²) < 4.78 is 6.56. The lowest BCUT2D eigenvalue weighted by atomic mass is 9.99. The van der Waals surface area contributed by atoms with Crippen LogP contribution in [-0.4, -0.2) is 42.4 Å². The zero-order valence-electron chi connectivity index (χ0n) is 11.8. The lowest BCUT2D eigenvalue weighted by molar-refractivity contribution is 0.0561. The molecule has 1 aliphatic rings. The fourth-order valence-electron chi connectivity index (χ4n) is 2.34. The summed E-state index contributed by atoms with van der Waals surface area (Å²) in [6.07, 6.45) is 2.04. The second-order valence-electron chi connectivity index (χ2n) is 5.38. The van der Waals surface area contributed by atoms with Gasteiger partial charge in [0.05, 0.1) is 4.47 Å². The first-order chi connectivity index (χ1) is 9.15. The van der Waals surface area contributed by atoms with Crippen molar-refractivity contribution >= 4 is 28.3 Å². The Morgan fingerprint density at radius 1 is 1.35 bits per heavy atom. The molecule has 1 N–H and O–H groups in total. The molecule has 0 aliphatic carbocycles. The fourth-order valence-corrected chi connectivity index (χ4v) is 2.74. The number of benzene rings is 1. The molecule has 2 rings (SSSR count). The third-order valence-electron chi connectivity index (χ3n) is 3.61. The van der Waals surface area contributed by atoms with E-state index < -0.39 is 6.10 Å². The molecule has 1 saturated heterocycles. The molecule has 114 valence electrons. The maximum atomic E-state index is 10.0. The van der Waals surface area contributed by atoms with E-state index in [1.807, 2.05) is 24.3 Å². The molecule has 1 atom stereocenters. The smallest absolute Gasteiger partial charge is 0.133 e. The lowest BCUT2D eigenvalue weighted by Crippen LogP contribution is -2.40. The molecule has 3 nitrogen and oxygen atoms in total. The minimum atomic E-state index is -0.430. The Balaban J connectivity index is 0.00000200. The van der Waals surface area contributed by atoms with Gasteiger partial charge in [0.15, 0.2) is 0 Å². The SMILES string of the molecule is CC1CCN(CC(O)COc2ccccc2Br)CC1.Cl. The Morgan fingerprint density at radius 3 is 2.65 bits per heavy atom. The van der Waals surface area contributed by atoms with Crippen molar-refractivity contribution in [1.82, 2.24) is 4.90 Å². The Hall–Kier alpha value is -0.290. The topological polar surface area (TPSA) is 32.7 Å². The third kappa shape index (κ3) is 5.60. The highest BCUT2D eigenvalue weighted by atomic mass is 79.9. The van der Waals surface area contributed by atoms with Gasteiger partial charge in [-0.05, 0) is 59.9 Å². The van der Waals surface area contributed by atoms with Crippen LogP contribution >= 0.6 is 28.3 Å².